The molecule has 34 heavy (non-hydrogen) atoms. The van der Waals surface area contributed by atoms with E-state index in [1.165, 1.54) is 6.07 Å². The van der Waals surface area contributed by atoms with Crippen molar-refractivity contribution >= 4 is 5.82 Å². The summed E-state index contributed by atoms with van der Waals surface area (Å²) >= 11 is 0. The van der Waals surface area contributed by atoms with Crippen LogP contribution in [0, 0.1) is 26.6 Å². The number of β-amino-alcohol motifs (C(OH)–C–C–N with tert-alkyl or cyclic N) is 1. The summed E-state index contributed by atoms with van der Waals surface area (Å²) in [5.41, 5.74) is 3.94. The summed E-state index contributed by atoms with van der Waals surface area (Å²) in [5, 5.41) is 10.5. The van der Waals surface area contributed by atoms with Crippen LogP contribution in [0.5, 0.6) is 5.75 Å². The Morgan fingerprint density at radius 1 is 1.00 bits per heavy atom. The number of anilines is 1. The number of hydrogen-bond acceptors (Lipinski definition) is 6. The van der Waals surface area contributed by atoms with Crippen molar-refractivity contribution in [1.29, 1.82) is 0 Å². The lowest BCUT2D eigenvalue weighted by atomic mass is 10.0. The monoisotopic (exact) mass is 464 g/mol. The topological polar surface area (TPSA) is 61.7 Å². The van der Waals surface area contributed by atoms with Crippen molar-refractivity contribution in [2.24, 2.45) is 0 Å². The predicted molar refractivity (Wildman–Crippen MR) is 132 cm³/mol. The predicted octanol–water partition coefficient (Wildman–Crippen LogP) is 3.69. The van der Waals surface area contributed by atoms with Crippen LogP contribution in [0.15, 0.2) is 48.5 Å². The molecule has 0 unspecified atom stereocenters. The lowest BCUT2D eigenvalue weighted by Gasteiger charge is -2.37. The maximum absolute atomic E-state index is 13.7. The molecule has 0 radical (unpaired) electrons. The van der Waals surface area contributed by atoms with Crippen LogP contribution < -0.4 is 9.64 Å². The lowest BCUT2D eigenvalue weighted by Crippen LogP contribution is -2.49. The molecule has 3 aromatic rings. The van der Waals surface area contributed by atoms with E-state index in [0.29, 0.717) is 13.0 Å². The SMILES string of the molecule is Cc1nc(C)c(Cc2cccc(F)c2)c(N2CCN(C[C@H](O)COc3ccccc3C)CC2)n1. The Kier molecular flexibility index (Phi) is 7.75. The molecular weight excluding hydrogens is 431 g/mol. The number of aryl methyl sites for hydroxylation is 3. The van der Waals surface area contributed by atoms with Gasteiger partial charge in [-0.2, -0.15) is 0 Å². The fourth-order valence-electron chi connectivity index (χ4n) is 4.43. The van der Waals surface area contributed by atoms with E-state index in [9.17, 15) is 9.50 Å². The van der Waals surface area contributed by atoms with Gasteiger partial charge in [-0.05, 0) is 50.1 Å². The number of benzene rings is 2. The molecule has 180 valence electrons. The highest BCUT2D eigenvalue weighted by molar-refractivity contribution is 5.51. The molecule has 0 amide bonds. The third-order valence-electron chi connectivity index (χ3n) is 6.24. The number of piperazine rings is 1. The van der Waals surface area contributed by atoms with Gasteiger partial charge in [0.05, 0.1) is 0 Å². The minimum absolute atomic E-state index is 0.233. The first-order valence-electron chi connectivity index (χ1n) is 11.8. The van der Waals surface area contributed by atoms with Crippen molar-refractivity contribution in [3.63, 3.8) is 0 Å². The molecule has 0 bridgehead atoms. The molecule has 4 rings (SSSR count). The average Bonchev–Trinajstić information content (AvgIpc) is 2.81. The number of ether oxygens (including phenoxy) is 1. The highest BCUT2D eigenvalue weighted by Crippen LogP contribution is 2.25. The average molecular weight is 465 g/mol. The second-order valence-electron chi connectivity index (χ2n) is 8.98. The minimum atomic E-state index is -0.557. The molecule has 2 heterocycles. The van der Waals surface area contributed by atoms with Crippen molar-refractivity contribution in [2.75, 3.05) is 44.2 Å². The van der Waals surface area contributed by atoms with Crippen LogP contribution in [0.3, 0.4) is 0 Å². The van der Waals surface area contributed by atoms with Crippen molar-refractivity contribution in [3.05, 3.63) is 82.6 Å². The highest BCUT2D eigenvalue weighted by Gasteiger charge is 2.24. The summed E-state index contributed by atoms with van der Waals surface area (Å²) in [7, 11) is 0. The molecule has 1 N–H and O–H groups in total. The van der Waals surface area contributed by atoms with Gasteiger partial charge in [-0.3, -0.25) is 4.90 Å². The summed E-state index contributed by atoms with van der Waals surface area (Å²) in [5.74, 6) is 2.24. The van der Waals surface area contributed by atoms with Gasteiger partial charge in [-0.1, -0.05) is 30.3 Å². The number of rotatable bonds is 8. The molecule has 1 aromatic heterocycles. The summed E-state index contributed by atoms with van der Waals surface area (Å²) in [6.07, 6.45) is 0.0345. The summed E-state index contributed by atoms with van der Waals surface area (Å²) in [4.78, 5) is 13.9. The van der Waals surface area contributed by atoms with E-state index in [-0.39, 0.29) is 12.4 Å². The second kappa shape index (κ2) is 10.9. The Bertz CT molecular complexity index is 1120. The van der Waals surface area contributed by atoms with Gasteiger partial charge >= 0.3 is 0 Å². The van der Waals surface area contributed by atoms with Gasteiger partial charge in [0.2, 0.25) is 0 Å². The van der Waals surface area contributed by atoms with Gasteiger partial charge in [-0.15, -0.1) is 0 Å². The smallest absolute Gasteiger partial charge is 0.136 e. The molecule has 0 saturated carbocycles. The number of hydrogen-bond donors (Lipinski definition) is 1. The summed E-state index contributed by atoms with van der Waals surface area (Å²) in [6.45, 7) is 9.99. The van der Waals surface area contributed by atoms with Crippen LogP contribution in [-0.4, -0.2) is 65.4 Å². The highest BCUT2D eigenvalue weighted by atomic mass is 19.1. The number of nitrogens with zero attached hydrogens (tertiary/aromatic N) is 4. The van der Waals surface area contributed by atoms with E-state index in [2.05, 4.69) is 14.8 Å². The van der Waals surface area contributed by atoms with Gasteiger partial charge in [0.1, 0.15) is 35.9 Å². The first-order chi connectivity index (χ1) is 16.4. The van der Waals surface area contributed by atoms with Crippen LogP contribution in [0.1, 0.15) is 28.2 Å². The van der Waals surface area contributed by atoms with Gasteiger partial charge in [0.15, 0.2) is 0 Å². The molecule has 1 saturated heterocycles. The number of aromatic nitrogens is 2. The third-order valence-corrected chi connectivity index (χ3v) is 6.24. The Labute approximate surface area is 201 Å². The van der Waals surface area contributed by atoms with E-state index in [1.807, 2.05) is 51.1 Å². The molecule has 7 heteroatoms. The van der Waals surface area contributed by atoms with Gasteiger partial charge in [0.25, 0.3) is 0 Å². The molecule has 1 aliphatic heterocycles. The Morgan fingerprint density at radius 3 is 2.50 bits per heavy atom. The normalized spacial score (nSPS) is 15.4. The number of aliphatic hydroxyl groups excluding tert-OH is 1. The van der Waals surface area contributed by atoms with Gasteiger partial charge < -0.3 is 14.7 Å². The molecule has 6 nitrogen and oxygen atoms in total. The van der Waals surface area contributed by atoms with E-state index >= 15 is 0 Å². The van der Waals surface area contributed by atoms with Crippen LogP contribution in [-0.2, 0) is 6.42 Å². The Morgan fingerprint density at radius 2 is 1.76 bits per heavy atom. The summed E-state index contributed by atoms with van der Waals surface area (Å²) < 4.78 is 19.5. The summed E-state index contributed by atoms with van der Waals surface area (Å²) in [6, 6.07) is 14.5. The first-order valence-corrected chi connectivity index (χ1v) is 11.8. The van der Waals surface area contributed by atoms with E-state index < -0.39 is 6.10 Å². The zero-order valence-corrected chi connectivity index (χ0v) is 20.2. The van der Waals surface area contributed by atoms with Crippen molar-refractivity contribution < 1.29 is 14.2 Å². The van der Waals surface area contributed by atoms with E-state index in [4.69, 9.17) is 9.72 Å². The number of aliphatic hydroxyl groups is 1. The Hall–Kier alpha value is -3.03. The maximum atomic E-state index is 13.7. The minimum Gasteiger partial charge on any atom is -0.491 e. The van der Waals surface area contributed by atoms with Crippen LogP contribution in [0.4, 0.5) is 10.2 Å². The van der Waals surface area contributed by atoms with Crippen molar-refractivity contribution in [2.45, 2.75) is 33.3 Å². The largest absolute Gasteiger partial charge is 0.491 e. The van der Waals surface area contributed by atoms with E-state index in [0.717, 1.165) is 66.0 Å². The lowest BCUT2D eigenvalue weighted by molar-refractivity contribution is 0.0660. The van der Waals surface area contributed by atoms with Crippen LogP contribution >= 0.6 is 0 Å². The van der Waals surface area contributed by atoms with Gasteiger partial charge in [-0.25, -0.2) is 14.4 Å². The molecule has 0 aliphatic carbocycles. The fraction of sp³-hybridized carbons (Fsp3) is 0.407. The van der Waals surface area contributed by atoms with E-state index in [1.54, 1.807) is 12.1 Å². The first kappa shape index (κ1) is 24.1. The quantitative estimate of drug-likeness (QED) is 0.549. The van der Waals surface area contributed by atoms with Crippen molar-refractivity contribution in [3.8, 4) is 5.75 Å². The molecule has 1 atom stereocenters. The Balaban J connectivity index is 1.36. The molecule has 1 fully saturated rings. The van der Waals surface area contributed by atoms with Crippen LogP contribution in [0.2, 0.25) is 0 Å². The number of para-hydroxylation sites is 1. The molecule has 2 aromatic carbocycles. The third kappa shape index (κ3) is 6.10. The second-order valence-corrected chi connectivity index (χ2v) is 8.98. The number of halogens is 1. The van der Waals surface area contributed by atoms with Gasteiger partial charge in [0, 0.05) is 50.4 Å². The zero-order valence-electron chi connectivity index (χ0n) is 20.2. The van der Waals surface area contributed by atoms with Crippen LogP contribution in [0.25, 0.3) is 0 Å². The fourth-order valence-corrected chi connectivity index (χ4v) is 4.43. The molecular formula is C27H33FN4O2. The maximum Gasteiger partial charge on any atom is 0.136 e. The zero-order chi connectivity index (χ0) is 24.1. The standard InChI is InChI=1S/C27H33FN4O2/c1-19-7-4-5-10-26(19)34-18-24(33)17-31-11-13-32(14-12-31)27-25(20(2)29-21(3)30-27)16-22-8-6-9-23(28)15-22/h4-10,15,24,33H,11-14,16-18H2,1-3H3/t24-/m0/s1. The van der Waals surface area contributed by atoms with Crippen molar-refractivity contribution in [1.82, 2.24) is 14.9 Å². The molecule has 0 spiro atoms. The molecule has 1 aliphatic rings.